The Morgan fingerprint density at radius 2 is 2.00 bits per heavy atom. The van der Waals surface area contributed by atoms with Crippen molar-refractivity contribution < 1.29 is 19.4 Å². The van der Waals surface area contributed by atoms with E-state index in [9.17, 15) is 14.7 Å². The normalized spacial score (nSPS) is 17.1. The first kappa shape index (κ1) is 25.8. The molecule has 2 aliphatic heterocycles. The molecule has 1 saturated heterocycles. The van der Waals surface area contributed by atoms with Crippen LogP contribution in [0.2, 0.25) is 0 Å². The summed E-state index contributed by atoms with van der Waals surface area (Å²) in [7, 11) is 0. The predicted octanol–water partition coefficient (Wildman–Crippen LogP) is 3.24. The van der Waals surface area contributed by atoms with Crippen molar-refractivity contribution in [3.63, 3.8) is 0 Å². The molecule has 2 aromatic carbocycles. The zero-order valence-corrected chi connectivity index (χ0v) is 21.7. The van der Waals surface area contributed by atoms with Gasteiger partial charge in [0.1, 0.15) is 6.04 Å². The summed E-state index contributed by atoms with van der Waals surface area (Å²) in [5, 5.41) is 16.2. The molecule has 0 spiro atoms. The maximum Gasteiger partial charge on any atom is 0.255 e. The zero-order chi connectivity index (χ0) is 26.6. The van der Waals surface area contributed by atoms with Crippen molar-refractivity contribution in [2.75, 3.05) is 25.1 Å². The van der Waals surface area contributed by atoms with E-state index in [0.717, 1.165) is 54.0 Å². The van der Waals surface area contributed by atoms with Gasteiger partial charge in [-0.2, -0.15) is 0 Å². The van der Waals surface area contributed by atoms with Crippen molar-refractivity contribution in [2.24, 2.45) is 0 Å². The first-order chi connectivity index (χ1) is 18.4. The molecule has 3 N–H and O–H groups in total. The maximum absolute atomic E-state index is 13.4. The third kappa shape index (κ3) is 5.54. The molecule has 2 amide bonds. The Hall–Kier alpha value is -3.82. The van der Waals surface area contributed by atoms with Gasteiger partial charge in [-0.15, -0.1) is 0 Å². The summed E-state index contributed by atoms with van der Waals surface area (Å²) >= 11 is 0. The van der Waals surface area contributed by atoms with Gasteiger partial charge in [0.2, 0.25) is 11.9 Å². The summed E-state index contributed by atoms with van der Waals surface area (Å²) in [5.41, 5.74) is 4.83. The molecule has 0 aliphatic carbocycles. The highest BCUT2D eigenvalue weighted by atomic mass is 16.5. The number of ether oxygens (including phenoxy) is 1. The number of rotatable bonds is 8. The van der Waals surface area contributed by atoms with Crippen LogP contribution in [-0.2, 0) is 16.1 Å². The molecule has 2 unspecified atom stereocenters. The molecule has 9 nitrogen and oxygen atoms in total. The van der Waals surface area contributed by atoms with E-state index in [1.54, 1.807) is 18.0 Å². The maximum atomic E-state index is 13.4. The second-order valence-corrected chi connectivity index (χ2v) is 9.94. The third-order valence-electron chi connectivity index (χ3n) is 7.24. The van der Waals surface area contributed by atoms with Crippen LogP contribution < -0.4 is 10.6 Å². The van der Waals surface area contributed by atoms with Crippen LogP contribution in [-0.4, -0.2) is 63.7 Å². The number of carbonyl (C=O) groups is 2. The van der Waals surface area contributed by atoms with Gasteiger partial charge in [-0.25, -0.2) is 9.97 Å². The van der Waals surface area contributed by atoms with Gasteiger partial charge in [-0.1, -0.05) is 42.0 Å². The molecule has 2 atom stereocenters. The highest BCUT2D eigenvalue weighted by Gasteiger charge is 2.35. The predicted molar refractivity (Wildman–Crippen MR) is 143 cm³/mol. The number of benzene rings is 2. The van der Waals surface area contributed by atoms with E-state index in [1.807, 2.05) is 55.5 Å². The number of anilines is 1. The number of amides is 2. The molecule has 1 aromatic heterocycles. The Labute approximate surface area is 222 Å². The number of carbonyl (C=O) groups excluding carboxylic acids is 2. The standard InChI is InChI=1S/C29H33N5O4/c1-18-4-3-5-20(14-18)26(17-35)32-27(36)19(2)34-16-22-7-6-21(15-24(22)28(34)37)25-8-11-30-29(33-25)31-23-9-12-38-13-10-23/h3-8,11,14-15,19,23,26,35H,9-10,12-13,16-17H2,1-2H3,(H,32,36)(H,30,31,33). The molecule has 3 aromatic rings. The van der Waals surface area contributed by atoms with Crippen LogP contribution in [0.25, 0.3) is 11.3 Å². The quantitative estimate of drug-likeness (QED) is 0.422. The zero-order valence-electron chi connectivity index (χ0n) is 21.7. The van der Waals surface area contributed by atoms with Gasteiger partial charge in [0.15, 0.2) is 0 Å². The van der Waals surface area contributed by atoms with Gasteiger partial charge in [0.05, 0.1) is 18.3 Å². The van der Waals surface area contributed by atoms with Crippen molar-refractivity contribution in [2.45, 2.75) is 51.4 Å². The van der Waals surface area contributed by atoms with Crippen LogP contribution in [0.15, 0.2) is 54.7 Å². The first-order valence-electron chi connectivity index (χ1n) is 13.0. The second kappa shape index (κ2) is 11.3. The van der Waals surface area contributed by atoms with Crippen LogP contribution in [0.5, 0.6) is 0 Å². The molecule has 198 valence electrons. The molecule has 3 heterocycles. The van der Waals surface area contributed by atoms with Gasteiger partial charge in [0.25, 0.3) is 5.91 Å². The SMILES string of the molecule is Cc1cccc(C(CO)NC(=O)C(C)N2Cc3ccc(-c4ccnc(NC5CCOCC5)n4)cc3C2=O)c1. The number of nitrogens with zero attached hydrogens (tertiary/aromatic N) is 3. The molecule has 5 rings (SSSR count). The third-order valence-corrected chi connectivity index (χ3v) is 7.24. The number of aromatic nitrogens is 2. The van der Waals surface area contributed by atoms with Crippen molar-refractivity contribution in [1.29, 1.82) is 0 Å². The molecule has 38 heavy (non-hydrogen) atoms. The van der Waals surface area contributed by atoms with Crippen LogP contribution >= 0.6 is 0 Å². The number of aliphatic hydroxyl groups is 1. The van der Waals surface area contributed by atoms with Crippen LogP contribution in [0.3, 0.4) is 0 Å². The van der Waals surface area contributed by atoms with Gasteiger partial charge in [-0.05, 0) is 49.9 Å². The molecule has 1 fully saturated rings. The fourth-order valence-electron chi connectivity index (χ4n) is 4.96. The van der Waals surface area contributed by atoms with Crippen LogP contribution in [0.4, 0.5) is 5.95 Å². The van der Waals surface area contributed by atoms with E-state index >= 15 is 0 Å². The minimum Gasteiger partial charge on any atom is -0.394 e. The average molecular weight is 516 g/mol. The van der Waals surface area contributed by atoms with E-state index in [0.29, 0.717) is 18.1 Å². The number of nitrogens with one attached hydrogen (secondary N) is 2. The van der Waals surface area contributed by atoms with E-state index in [1.165, 1.54) is 0 Å². The minimum atomic E-state index is -0.702. The van der Waals surface area contributed by atoms with Crippen molar-refractivity contribution in [3.05, 3.63) is 77.0 Å². The summed E-state index contributed by atoms with van der Waals surface area (Å²) in [6.45, 7) is 5.24. The summed E-state index contributed by atoms with van der Waals surface area (Å²) in [4.78, 5) is 37.1. The van der Waals surface area contributed by atoms with Gasteiger partial charge in [-0.3, -0.25) is 9.59 Å². The highest BCUT2D eigenvalue weighted by Crippen LogP contribution is 2.30. The minimum absolute atomic E-state index is 0.199. The van der Waals surface area contributed by atoms with E-state index < -0.39 is 12.1 Å². The summed E-state index contributed by atoms with van der Waals surface area (Å²) in [6.07, 6.45) is 3.53. The molecular formula is C29H33N5O4. The molecule has 0 radical (unpaired) electrons. The fraction of sp³-hybridized carbons (Fsp3) is 0.379. The Morgan fingerprint density at radius 1 is 1.18 bits per heavy atom. The number of aliphatic hydroxyl groups excluding tert-OH is 1. The Bertz CT molecular complexity index is 1320. The Kier molecular flexibility index (Phi) is 7.67. The fourth-order valence-corrected chi connectivity index (χ4v) is 4.96. The van der Waals surface area contributed by atoms with E-state index in [2.05, 4.69) is 20.6 Å². The lowest BCUT2D eigenvalue weighted by Gasteiger charge is -2.26. The lowest BCUT2D eigenvalue weighted by molar-refractivity contribution is -0.126. The van der Waals surface area contributed by atoms with E-state index in [4.69, 9.17) is 4.74 Å². The monoisotopic (exact) mass is 515 g/mol. The molecule has 0 bridgehead atoms. The number of aryl methyl sites for hydroxylation is 1. The number of hydrogen-bond acceptors (Lipinski definition) is 7. The van der Waals surface area contributed by atoms with Gasteiger partial charge >= 0.3 is 0 Å². The van der Waals surface area contributed by atoms with Crippen molar-refractivity contribution in [3.8, 4) is 11.3 Å². The summed E-state index contributed by atoms with van der Waals surface area (Å²) in [5.74, 6) is 0.0435. The van der Waals surface area contributed by atoms with E-state index in [-0.39, 0.29) is 24.5 Å². The molecular weight excluding hydrogens is 482 g/mol. The Morgan fingerprint density at radius 3 is 2.76 bits per heavy atom. The smallest absolute Gasteiger partial charge is 0.255 e. The average Bonchev–Trinajstić information content (AvgIpc) is 3.27. The molecule has 2 aliphatic rings. The van der Waals surface area contributed by atoms with Crippen LogP contribution in [0, 0.1) is 6.92 Å². The summed E-state index contributed by atoms with van der Waals surface area (Å²) < 4.78 is 5.42. The largest absolute Gasteiger partial charge is 0.394 e. The van der Waals surface area contributed by atoms with Gasteiger partial charge < -0.3 is 25.4 Å². The first-order valence-corrected chi connectivity index (χ1v) is 13.0. The van der Waals surface area contributed by atoms with Gasteiger partial charge in [0, 0.05) is 43.1 Å². The highest BCUT2D eigenvalue weighted by molar-refractivity contribution is 6.02. The van der Waals surface area contributed by atoms with Crippen molar-refractivity contribution >= 4 is 17.8 Å². The lowest BCUT2D eigenvalue weighted by Crippen LogP contribution is -2.46. The summed E-state index contributed by atoms with van der Waals surface area (Å²) in [6, 6.07) is 14.2. The number of hydrogen-bond donors (Lipinski definition) is 3. The number of fused-ring (bicyclic) bond motifs is 1. The topological polar surface area (TPSA) is 117 Å². The van der Waals surface area contributed by atoms with Crippen molar-refractivity contribution in [1.82, 2.24) is 20.2 Å². The lowest BCUT2D eigenvalue weighted by atomic mass is 10.0. The Balaban J connectivity index is 1.28. The molecule has 9 heteroatoms. The second-order valence-electron chi connectivity index (χ2n) is 9.94. The molecule has 0 saturated carbocycles. The van der Waals surface area contributed by atoms with Crippen LogP contribution in [0.1, 0.15) is 52.9 Å².